The fraction of sp³-hybridized carbons (Fsp3) is 0.750. The fourth-order valence-electron chi connectivity index (χ4n) is 0.203. The van der Waals surface area contributed by atoms with Crippen LogP contribution in [0, 0.1) is 0 Å². The molecule has 0 saturated carbocycles. The van der Waals surface area contributed by atoms with E-state index in [4.69, 9.17) is 19.2 Å². The monoisotopic (exact) mass is 208 g/mol. The summed E-state index contributed by atoms with van der Waals surface area (Å²) in [5.74, 6) is -0.211. The second-order valence-corrected chi connectivity index (χ2v) is 2.40. The molecule has 0 aromatic carbocycles. The van der Waals surface area contributed by atoms with E-state index in [0.717, 1.165) is 0 Å². The summed E-state index contributed by atoms with van der Waals surface area (Å²) >= 11 is 0. The number of ether oxygens (including phenoxy) is 1. The van der Waals surface area contributed by atoms with Crippen LogP contribution in [-0.4, -0.2) is 22.4 Å². The number of hydrogen-bond donors (Lipinski definition) is 2. The maximum absolute atomic E-state index is 9.82. The van der Waals surface area contributed by atoms with Gasteiger partial charge in [0.25, 0.3) is 7.82 Å². The minimum absolute atomic E-state index is 0. The zero-order valence-electron chi connectivity index (χ0n) is 7.18. The number of phosphoric acid groups is 1. The van der Waals surface area contributed by atoms with Gasteiger partial charge in [-0.25, -0.2) is 0 Å². The van der Waals surface area contributed by atoms with E-state index in [-0.39, 0.29) is 35.5 Å². The summed E-state index contributed by atoms with van der Waals surface area (Å²) < 4.78 is 13.2. The van der Waals surface area contributed by atoms with Gasteiger partial charge in [-0.2, -0.15) is 0 Å². The van der Waals surface area contributed by atoms with Crippen LogP contribution in [0.1, 0.15) is 13.8 Å². The van der Waals surface area contributed by atoms with E-state index in [1.807, 2.05) is 0 Å². The quantitative estimate of drug-likeness (QED) is 0.258. The van der Waals surface area contributed by atoms with Crippen LogP contribution in [-0.2, 0) is 14.1 Å². The zero-order valence-corrected chi connectivity index (χ0v) is 10.1. The Hall–Kier alpha value is 0.580. The average Bonchev–Trinajstić information content (AvgIpc) is 1.58. The summed E-state index contributed by atoms with van der Waals surface area (Å²) in [6.07, 6.45) is 0. The van der Waals surface area contributed by atoms with Crippen LogP contribution in [0.15, 0.2) is 0 Å². The second-order valence-electron chi connectivity index (χ2n) is 1.42. The van der Waals surface area contributed by atoms with Gasteiger partial charge in [0.1, 0.15) is 0 Å². The maximum Gasteiger partial charge on any atom is 1.00 e. The van der Waals surface area contributed by atoms with Gasteiger partial charge in [-0.05, 0) is 6.92 Å². The number of rotatable bonds is 1. The zero-order chi connectivity index (χ0) is 9.49. The molecule has 0 aromatic rings. The molecule has 2 N–H and O–H groups in total. The van der Waals surface area contributed by atoms with Gasteiger partial charge in [0.05, 0.1) is 6.61 Å². The van der Waals surface area contributed by atoms with Crippen molar-refractivity contribution in [2.24, 2.45) is 0 Å². The molecular formula is C4H10NaO6P. The molecular weight excluding hydrogens is 198 g/mol. The molecule has 0 bridgehead atoms. The molecule has 0 spiro atoms. The third kappa shape index (κ3) is 75.8. The summed E-state index contributed by atoms with van der Waals surface area (Å²) in [6.45, 7) is 3.65. The second kappa shape index (κ2) is 9.67. The van der Waals surface area contributed by atoms with Crippen LogP contribution >= 0.6 is 7.82 Å². The van der Waals surface area contributed by atoms with Crippen LogP contribution in [0.3, 0.4) is 0 Å². The first-order valence-electron chi connectivity index (χ1n) is 2.67. The van der Waals surface area contributed by atoms with E-state index >= 15 is 0 Å². The Morgan fingerprint density at radius 2 is 1.83 bits per heavy atom. The molecule has 0 fully saturated rings. The van der Waals surface area contributed by atoms with E-state index in [9.17, 15) is 4.79 Å². The molecule has 0 aromatic heterocycles. The summed E-state index contributed by atoms with van der Waals surface area (Å²) in [6, 6.07) is 0. The van der Waals surface area contributed by atoms with Gasteiger partial charge in [-0.1, -0.05) is 0 Å². The topological polar surface area (TPSA) is 107 Å². The van der Waals surface area contributed by atoms with Crippen molar-refractivity contribution in [3.05, 3.63) is 0 Å². The SMILES string of the molecule is CCOC(C)=O.O=P([O-])(O)O.[Na+]. The Balaban J connectivity index is -0.000000126. The normalized spacial score (nSPS) is 8.75. The molecule has 0 amide bonds. The molecule has 0 aliphatic rings. The Morgan fingerprint density at radius 3 is 1.83 bits per heavy atom. The van der Waals surface area contributed by atoms with E-state index in [1.165, 1.54) is 6.92 Å². The minimum Gasteiger partial charge on any atom is -0.756 e. The third-order valence-corrected chi connectivity index (χ3v) is 0.348. The molecule has 0 rings (SSSR count). The Bertz CT molecular complexity index is 145. The van der Waals surface area contributed by atoms with Gasteiger partial charge >= 0.3 is 35.5 Å². The van der Waals surface area contributed by atoms with Crippen molar-refractivity contribution in [1.82, 2.24) is 0 Å². The molecule has 0 heterocycles. The summed E-state index contributed by atoms with van der Waals surface area (Å²) in [5, 5.41) is 0. The number of esters is 1. The van der Waals surface area contributed by atoms with E-state index < -0.39 is 7.82 Å². The first kappa shape index (κ1) is 18.4. The molecule has 12 heavy (non-hydrogen) atoms. The predicted octanol–water partition coefficient (Wildman–Crippen LogP) is -3.99. The molecule has 0 radical (unpaired) electrons. The first-order valence-corrected chi connectivity index (χ1v) is 4.20. The molecule has 8 heteroatoms. The largest absolute Gasteiger partial charge is 1.00 e. The fourth-order valence-corrected chi connectivity index (χ4v) is 0.203. The summed E-state index contributed by atoms with van der Waals surface area (Å²) in [4.78, 5) is 32.7. The minimum atomic E-state index is -4.89. The molecule has 0 atom stereocenters. The summed E-state index contributed by atoms with van der Waals surface area (Å²) in [5.41, 5.74) is 0. The van der Waals surface area contributed by atoms with Gasteiger partial charge in [-0.15, -0.1) is 0 Å². The van der Waals surface area contributed by atoms with Crippen LogP contribution in [0.4, 0.5) is 0 Å². The van der Waals surface area contributed by atoms with E-state index in [0.29, 0.717) is 6.61 Å². The van der Waals surface area contributed by atoms with Crippen LogP contribution in [0.5, 0.6) is 0 Å². The third-order valence-electron chi connectivity index (χ3n) is 0.348. The van der Waals surface area contributed by atoms with Crippen molar-refractivity contribution in [2.45, 2.75) is 13.8 Å². The molecule has 0 unspecified atom stereocenters. The van der Waals surface area contributed by atoms with Crippen molar-refractivity contribution in [2.75, 3.05) is 6.61 Å². The molecule has 6 nitrogen and oxygen atoms in total. The van der Waals surface area contributed by atoms with Crippen molar-refractivity contribution >= 4 is 13.8 Å². The predicted molar refractivity (Wildman–Crippen MR) is 34.4 cm³/mol. The first-order chi connectivity index (χ1) is 4.77. The van der Waals surface area contributed by atoms with Crippen molar-refractivity contribution in [3.8, 4) is 0 Å². The van der Waals surface area contributed by atoms with Crippen molar-refractivity contribution < 1.29 is 58.3 Å². The van der Waals surface area contributed by atoms with Gasteiger partial charge in [0.2, 0.25) is 0 Å². The van der Waals surface area contributed by atoms with Crippen LogP contribution in [0.25, 0.3) is 0 Å². The van der Waals surface area contributed by atoms with Crippen molar-refractivity contribution in [3.63, 3.8) is 0 Å². The smallest absolute Gasteiger partial charge is 0.756 e. The molecule has 68 valence electrons. The molecule has 0 aliphatic carbocycles. The number of hydrogen-bond acceptors (Lipinski definition) is 4. The Labute approximate surface area is 92.5 Å². The van der Waals surface area contributed by atoms with Gasteiger partial charge in [-0.3, -0.25) is 9.36 Å². The van der Waals surface area contributed by atoms with E-state index in [2.05, 4.69) is 4.74 Å². The Kier molecular flexibility index (Phi) is 14.8. The van der Waals surface area contributed by atoms with Crippen molar-refractivity contribution in [1.29, 1.82) is 0 Å². The molecule has 0 saturated heterocycles. The van der Waals surface area contributed by atoms with Gasteiger partial charge in [0, 0.05) is 6.92 Å². The van der Waals surface area contributed by atoms with Gasteiger partial charge in [0.15, 0.2) is 0 Å². The summed E-state index contributed by atoms with van der Waals surface area (Å²) in [7, 11) is -4.89. The van der Waals surface area contributed by atoms with E-state index in [1.54, 1.807) is 6.92 Å². The Morgan fingerprint density at radius 1 is 1.58 bits per heavy atom. The molecule has 0 aliphatic heterocycles. The van der Waals surface area contributed by atoms with Crippen LogP contribution < -0.4 is 34.5 Å². The maximum atomic E-state index is 9.82. The average molecular weight is 208 g/mol. The van der Waals surface area contributed by atoms with Gasteiger partial charge < -0.3 is 19.4 Å². The standard InChI is InChI=1S/C4H8O2.Na.H3O4P/c1-3-6-4(2)5;;1-5(2,3)4/h3H2,1-2H3;;(H3,1,2,3,4)/q;+1;/p-1. The number of carbonyl (C=O) groups excluding carboxylic acids is 1. The van der Waals surface area contributed by atoms with Crippen LogP contribution in [0.2, 0.25) is 0 Å². The number of carbonyl (C=O) groups is 1.